The van der Waals surface area contributed by atoms with Crippen LogP contribution in [0.25, 0.3) is 0 Å². The molecule has 1 nitrogen and oxygen atoms in total. The molecule has 50 valence electrons. The van der Waals surface area contributed by atoms with Gasteiger partial charge < -0.3 is 5.11 Å². The van der Waals surface area contributed by atoms with Crippen molar-refractivity contribution in [2.75, 3.05) is 5.33 Å². The second-order valence-electron chi connectivity index (χ2n) is 1.79. The van der Waals surface area contributed by atoms with Gasteiger partial charge in [0.05, 0.1) is 0 Å². The average molecular weight is 189 g/mol. The molecule has 0 bridgehead atoms. The van der Waals surface area contributed by atoms with Crippen molar-refractivity contribution < 1.29 is 13.9 Å². The van der Waals surface area contributed by atoms with Crippen LogP contribution in [0, 0.1) is 0 Å². The summed E-state index contributed by atoms with van der Waals surface area (Å²) >= 11 is 2.74. The number of halogens is 3. The molecule has 8 heavy (non-hydrogen) atoms. The molecule has 1 atom stereocenters. The van der Waals surface area contributed by atoms with E-state index in [2.05, 4.69) is 15.9 Å². The van der Waals surface area contributed by atoms with Crippen LogP contribution in [-0.2, 0) is 0 Å². The molecule has 0 amide bonds. The Hall–Kier alpha value is 0.300. The van der Waals surface area contributed by atoms with Crippen molar-refractivity contribution in [2.45, 2.75) is 19.0 Å². The normalized spacial score (nSPS) is 18.8. The molecule has 0 spiro atoms. The summed E-state index contributed by atoms with van der Waals surface area (Å²) in [5.41, 5.74) is -1.88. The van der Waals surface area contributed by atoms with Crippen molar-refractivity contribution in [2.24, 2.45) is 0 Å². The lowest BCUT2D eigenvalue weighted by atomic mass is 10.2. The zero-order chi connectivity index (χ0) is 6.78. The van der Waals surface area contributed by atoms with Crippen molar-refractivity contribution in [1.82, 2.24) is 0 Å². The quantitative estimate of drug-likeness (QED) is 0.651. The first-order valence-corrected chi connectivity index (χ1v) is 3.19. The van der Waals surface area contributed by atoms with Gasteiger partial charge >= 0.3 is 0 Å². The summed E-state index contributed by atoms with van der Waals surface area (Å²) in [5.74, 6) is 0. The maximum Gasteiger partial charge on any atom is 0.267 e. The van der Waals surface area contributed by atoms with Crippen molar-refractivity contribution in [3.05, 3.63) is 0 Å². The molecule has 0 fully saturated rings. The van der Waals surface area contributed by atoms with Gasteiger partial charge in [0.15, 0.2) is 0 Å². The fraction of sp³-hybridized carbons (Fsp3) is 1.00. The Kier molecular flexibility index (Phi) is 2.83. The number of hydrogen-bond acceptors (Lipinski definition) is 1. The van der Waals surface area contributed by atoms with Gasteiger partial charge in [-0.25, -0.2) is 8.78 Å². The lowest BCUT2D eigenvalue weighted by Gasteiger charge is -2.17. The smallest absolute Gasteiger partial charge is 0.267 e. The molecule has 1 N–H and O–H groups in total. The molecule has 0 aromatic rings. The van der Waals surface area contributed by atoms with Crippen molar-refractivity contribution in [3.8, 4) is 0 Å². The van der Waals surface area contributed by atoms with E-state index in [-0.39, 0.29) is 5.33 Å². The van der Waals surface area contributed by atoms with E-state index < -0.39 is 12.0 Å². The summed E-state index contributed by atoms with van der Waals surface area (Å²) in [6.45, 7) is 1.08. The maximum absolute atomic E-state index is 11.5. The molecule has 0 aromatic carbocycles. The van der Waals surface area contributed by atoms with Gasteiger partial charge in [0.25, 0.3) is 6.43 Å². The molecule has 4 heteroatoms. The van der Waals surface area contributed by atoms with Crippen molar-refractivity contribution in [3.63, 3.8) is 0 Å². The first-order chi connectivity index (χ1) is 3.50. The van der Waals surface area contributed by atoms with Crippen LogP contribution >= 0.6 is 15.9 Å². The van der Waals surface area contributed by atoms with E-state index in [0.29, 0.717) is 0 Å². The van der Waals surface area contributed by atoms with Crippen LogP contribution < -0.4 is 0 Å². The van der Waals surface area contributed by atoms with E-state index >= 15 is 0 Å². The van der Waals surface area contributed by atoms with Crippen LogP contribution in [0.5, 0.6) is 0 Å². The first-order valence-electron chi connectivity index (χ1n) is 2.07. The number of hydrogen-bond donors (Lipinski definition) is 1. The van der Waals surface area contributed by atoms with E-state index in [1.165, 1.54) is 0 Å². The highest BCUT2D eigenvalue weighted by atomic mass is 79.9. The van der Waals surface area contributed by atoms with Crippen LogP contribution in [0.1, 0.15) is 6.92 Å². The summed E-state index contributed by atoms with van der Waals surface area (Å²) in [6.07, 6.45) is -2.68. The van der Waals surface area contributed by atoms with Gasteiger partial charge in [0, 0.05) is 5.33 Å². The Morgan fingerprint density at radius 3 is 2.12 bits per heavy atom. The van der Waals surface area contributed by atoms with Crippen LogP contribution in [0.4, 0.5) is 8.78 Å². The highest BCUT2D eigenvalue weighted by molar-refractivity contribution is 9.09. The summed E-state index contributed by atoms with van der Waals surface area (Å²) in [6, 6.07) is 0. The monoisotopic (exact) mass is 188 g/mol. The average Bonchev–Trinajstić information content (AvgIpc) is 1.67. The largest absolute Gasteiger partial charge is 0.383 e. The highest BCUT2D eigenvalue weighted by Crippen LogP contribution is 2.16. The predicted octanol–water partition coefficient (Wildman–Crippen LogP) is 1.40. The molecule has 0 aliphatic heterocycles. The Morgan fingerprint density at radius 2 is 2.12 bits per heavy atom. The fourth-order valence-corrected chi connectivity index (χ4v) is 0.303. The molecule has 0 radical (unpaired) electrons. The van der Waals surface area contributed by atoms with Crippen molar-refractivity contribution in [1.29, 1.82) is 0 Å². The highest BCUT2D eigenvalue weighted by Gasteiger charge is 2.30. The number of rotatable bonds is 2. The van der Waals surface area contributed by atoms with E-state index in [0.717, 1.165) is 6.92 Å². The molecular formula is C4H7BrF2O. The lowest BCUT2D eigenvalue weighted by molar-refractivity contribution is -0.0651. The molecule has 0 saturated heterocycles. The van der Waals surface area contributed by atoms with Crippen molar-refractivity contribution >= 4 is 15.9 Å². The van der Waals surface area contributed by atoms with Gasteiger partial charge in [-0.15, -0.1) is 0 Å². The molecule has 0 saturated carbocycles. The molecule has 0 rings (SSSR count). The van der Waals surface area contributed by atoms with Crippen LogP contribution in [0.2, 0.25) is 0 Å². The minimum atomic E-state index is -2.68. The van der Waals surface area contributed by atoms with E-state index in [4.69, 9.17) is 5.11 Å². The van der Waals surface area contributed by atoms with E-state index in [1.807, 2.05) is 0 Å². The SMILES string of the molecule is CC(O)(CBr)C(F)F. The zero-order valence-electron chi connectivity index (χ0n) is 4.37. The van der Waals surface area contributed by atoms with Gasteiger partial charge in [-0.3, -0.25) is 0 Å². The zero-order valence-corrected chi connectivity index (χ0v) is 5.95. The van der Waals surface area contributed by atoms with Gasteiger partial charge in [0.1, 0.15) is 5.60 Å². The summed E-state index contributed by atoms with van der Waals surface area (Å²) in [5, 5.41) is 8.50. The molecule has 1 unspecified atom stereocenters. The summed E-state index contributed by atoms with van der Waals surface area (Å²) < 4.78 is 23.1. The number of aliphatic hydroxyl groups is 1. The third-order valence-electron chi connectivity index (χ3n) is 0.741. The minimum Gasteiger partial charge on any atom is -0.383 e. The first kappa shape index (κ1) is 8.30. The minimum absolute atomic E-state index is 0.0995. The third kappa shape index (κ3) is 2.05. The molecule has 0 aliphatic carbocycles. The molecule has 0 heterocycles. The Morgan fingerprint density at radius 1 is 1.75 bits per heavy atom. The van der Waals surface area contributed by atoms with Gasteiger partial charge in [0.2, 0.25) is 0 Å². The second-order valence-corrected chi connectivity index (χ2v) is 2.35. The number of alkyl halides is 3. The summed E-state index contributed by atoms with van der Waals surface area (Å²) in [4.78, 5) is 0. The van der Waals surface area contributed by atoms with E-state index in [9.17, 15) is 8.78 Å². The topological polar surface area (TPSA) is 20.2 Å². The summed E-state index contributed by atoms with van der Waals surface area (Å²) in [7, 11) is 0. The Labute approximate surface area is 54.8 Å². The Balaban J connectivity index is 3.71. The van der Waals surface area contributed by atoms with Gasteiger partial charge in [-0.05, 0) is 6.92 Å². The Bertz CT molecular complexity index is 74.4. The van der Waals surface area contributed by atoms with Crippen LogP contribution in [0.3, 0.4) is 0 Å². The van der Waals surface area contributed by atoms with E-state index in [1.54, 1.807) is 0 Å². The van der Waals surface area contributed by atoms with Gasteiger partial charge in [-0.2, -0.15) is 0 Å². The fourth-order valence-electron chi connectivity index (χ4n) is 0.0583. The molecule has 0 aliphatic rings. The molecular weight excluding hydrogens is 182 g/mol. The maximum atomic E-state index is 11.5. The standard InChI is InChI=1S/C4H7BrF2O/c1-4(8,2-5)3(6)7/h3,8H,2H2,1H3. The molecule has 0 aromatic heterocycles. The lowest BCUT2D eigenvalue weighted by Crippen LogP contribution is -2.34. The van der Waals surface area contributed by atoms with Crippen LogP contribution in [-0.4, -0.2) is 22.5 Å². The predicted molar refractivity (Wildman–Crippen MR) is 30.4 cm³/mol. The van der Waals surface area contributed by atoms with Crippen LogP contribution in [0.15, 0.2) is 0 Å². The second kappa shape index (κ2) is 2.73. The third-order valence-corrected chi connectivity index (χ3v) is 1.88. The van der Waals surface area contributed by atoms with Gasteiger partial charge in [-0.1, -0.05) is 15.9 Å².